The van der Waals surface area contributed by atoms with Crippen LogP contribution in [0.4, 0.5) is 0 Å². The Kier molecular flexibility index (Phi) is 7.30. The van der Waals surface area contributed by atoms with Crippen molar-refractivity contribution in [2.75, 3.05) is 6.61 Å². The Bertz CT molecular complexity index is 164. The quantitative estimate of drug-likeness (QED) is 0.265. The summed E-state index contributed by atoms with van der Waals surface area (Å²) in [6, 6.07) is 0. The summed E-state index contributed by atoms with van der Waals surface area (Å²) < 4.78 is 0. The van der Waals surface area contributed by atoms with Crippen molar-refractivity contribution >= 4 is 5.97 Å². The fourth-order valence-electron chi connectivity index (χ4n) is 0.754. The summed E-state index contributed by atoms with van der Waals surface area (Å²) in [6.07, 6.45) is 4.42. The second-order valence-corrected chi connectivity index (χ2v) is 3.03. The van der Waals surface area contributed by atoms with Gasteiger partial charge in [0.25, 0.3) is 0 Å². The van der Waals surface area contributed by atoms with Crippen molar-refractivity contribution in [1.82, 2.24) is 0 Å². The molecular formula is C10H18O3. The van der Waals surface area contributed by atoms with Crippen LogP contribution < -0.4 is 0 Å². The van der Waals surface area contributed by atoms with Gasteiger partial charge in [0.15, 0.2) is 0 Å². The molecule has 0 radical (unpaired) electrons. The summed E-state index contributed by atoms with van der Waals surface area (Å²) in [5.74, 6) is -0.490. The molecule has 0 heterocycles. The zero-order chi connectivity index (χ0) is 10.1. The van der Waals surface area contributed by atoms with Gasteiger partial charge in [-0.05, 0) is 13.3 Å². The molecule has 0 atom stereocenters. The van der Waals surface area contributed by atoms with E-state index in [4.69, 9.17) is 4.89 Å². The van der Waals surface area contributed by atoms with Crippen molar-refractivity contribution in [2.24, 2.45) is 0 Å². The summed E-state index contributed by atoms with van der Waals surface area (Å²) in [4.78, 5) is 19.9. The molecule has 0 bridgehead atoms. The van der Waals surface area contributed by atoms with Gasteiger partial charge in [0.1, 0.15) is 0 Å². The lowest BCUT2D eigenvalue weighted by molar-refractivity contribution is -0.268. The molecular weight excluding hydrogens is 168 g/mol. The molecule has 0 N–H and O–H groups in total. The lowest BCUT2D eigenvalue weighted by Crippen LogP contribution is -2.06. The molecule has 0 rings (SSSR count). The third-order valence-electron chi connectivity index (χ3n) is 1.56. The summed E-state index contributed by atoms with van der Waals surface area (Å²) in [6.45, 7) is 7.63. The molecule has 0 fully saturated rings. The maximum atomic E-state index is 10.8. The minimum atomic E-state index is -0.490. The molecule has 0 aromatic heterocycles. The third kappa shape index (κ3) is 7.53. The van der Waals surface area contributed by atoms with Gasteiger partial charge in [-0.3, -0.25) is 4.89 Å². The SMILES string of the molecule is C=C(C)C(=O)OOCCCCCC. The minimum absolute atomic E-state index is 0.355. The molecule has 76 valence electrons. The van der Waals surface area contributed by atoms with E-state index in [1.54, 1.807) is 6.92 Å². The maximum absolute atomic E-state index is 10.8. The molecule has 0 saturated carbocycles. The van der Waals surface area contributed by atoms with E-state index in [0.29, 0.717) is 12.2 Å². The number of carbonyl (C=O) groups excluding carboxylic acids is 1. The highest BCUT2D eigenvalue weighted by Crippen LogP contribution is 2.00. The van der Waals surface area contributed by atoms with Gasteiger partial charge in [0.05, 0.1) is 6.61 Å². The molecule has 0 aliphatic rings. The van der Waals surface area contributed by atoms with Crippen LogP contribution in [0.5, 0.6) is 0 Å². The van der Waals surface area contributed by atoms with Crippen molar-refractivity contribution in [3.05, 3.63) is 12.2 Å². The van der Waals surface area contributed by atoms with Crippen LogP contribution in [0.15, 0.2) is 12.2 Å². The fourth-order valence-corrected chi connectivity index (χ4v) is 0.754. The van der Waals surface area contributed by atoms with Crippen LogP contribution in [0, 0.1) is 0 Å². The number of unbranched alkanes of at least 4 members (excludes halogenated alkanes) is 3. The van der Waals surface area contributed by atoms with E-state index in [1.807, 2.05) is 0 Å². The van der Waals surface area contributed by atoms with Crippen molar-refractivity contribution in [1.29, 1.82) is 0 Å². The molecule has 3 heteroatoms. The molecule has 0 aromatic carbocycles. The summed E-state index contributed by atoms with van der Waals surface area (Å²) in [5, 5.41) is 0. The van der Waals surface area contributed by atoms with Gasteiger partial charge in [-0.25, -0.2) is 4.79 Å². The molecule has 0 unspecified atom stereocenters. The molecule has 0 aromatic rings. The molecule has 0 spiro atoms. The predicted molar refractivity (Wildman–Crippen MR) is 51.0 cm³/mol. The zero-order valence-corrected chi connectivity index (χ0v) is 8.47. The van der Waals surface area contributed by atoms with Crippen LogP contribution in [0.25, 0.3) is 0 Å². The number of carbonyl (C=O) groups is 1. The van der Waals surface area contributed by atoms with Crippen molar-refractivity contribution in [3.8, 4) is 0 Å². The molecule has 0 saturated heterocycles. The number of rotatable bonds is 7. The van der Waals surface area contributed by atoms with Crippen LogP contribution in [0.3, 0.4) is 0 Å². The minimum Gasteiger partial charge on any atom is -0.293 e. The fraction of sp³-hybridized carbons (Fsp3) is 0.700. The van der Waals surface area contributed by atoms with Crippen LogP contribution in [0.1, 0.15) is 39.5 Å². The summed E-state index contributed by atoms with van der Waals surface area (Å²) in [7, 11) is 0. The van der Waals surface area contributed by atoms with Crippen molar-refractivity contribution < 1.29 is 14.6 Å². The molecule has 0 aliphatic heterocycles. The van der Waals surface area contributed by atoms with Gasteiger partial charge >= 0.3 is 5.97 Å². The van der Waals surface area contributed by atoms with E-state index in [1.165, 1.54) is 12.8 Å². The van der Waals surface area contributed by atoms with E-state index < -0.39 is 5.97 Å². The first kappa shape index (κ1) is 12.2. The van der Waals surface area contributed by atoms with Gasteiger partial charge in [-0.1, -0.05) is 32.8 Å². The Morgan fingerprint density at radius 2 is 2.00 bits per heavy atom. The second-order valence-electron chi connectivity index (χ2n) is 3.03. The Hall–Kier alpha value is -0.830. The number of hydrogen-bond acceptors (Lipinski definition) is 3. The highest BCUT2D eigenvalue weighted by molar-refractivity contribution is 5.86. The van der Waals surface area contributed by atoms with E-state index >= 15 is 0 Å². The van der Waals surface area contributed by atoms with E-state index in [0.717, 1.165) is 12.8 Å². The Morgan fingerprint density at radius 1 is 1.31 bits per heavy atom. The molecule has 3 nitrogen and oxygen atoms in total. The smallest absolute Gasteiger partial charge is 0.293 e. The average Bonchev–Trinajstić information content (AvgIpc) is 2.10. The standard InChI is InChI=1S/C10H18O3/c1-4-5-6-7-8-12-13-10(11)9(2)3/h2,4-8H2,1,3H3. The van der Waals surface area contributed by atoms with Crippen LogP contribution in [0.2, 0.25) is 0 Å². The summed E-state index contributed by atoms with van der Waals surface area (Å²) in [5.41, 5.74) is 0.355. The number of hydrogen-bond donors (Lipinski definition) is 0. The first-order chi connectivity index (χ1) is 6.18. The van der Waals surface area contributed by atoms with Gasteiger partial charge in [0.2, 0.25) is 0 Å². The normalized spacial score (nSPS) is 9.69. The lowest BCUT2D eigenvalue weighted by Gasteiger charge is -2.02. The van der Waals surface area contributed by atoms with Gasteiger partial charge in [0, 0.05) is 5.57 Å². The monoisotopic (exact) mass is 186 g/mol. The first-order valence-electron chi connectivity index (χ1n) is 4.67. The Labute approximate surface area is 79.7 Å². The van der Waals surface area contributed by atoms with Crippen LogP contribution >= 0.6 is 0 Å². The highest BCUT2D eigenvalue weighted by Gasteiger charge is 2.02. The van der Waals surface area contributed by atoms with E-state index in [9.17, 15) is 4.79 Å². The van der Waals surface area contributed by atoms with Crippen molar-refractivity contribution in [3.63, 3.8) is 0 Å². The molecule has 0 aliphatic carbocycles. The van der Waals surface area contributed by atoms with Gasteiger partial charge in [-0.2, -0.15) is 4.89 Å². The third-order valence-corrected chi connectivity index (χ3v) is 1.56. The van der Waals surface area contributed by atoms with Crippen LogP contribution in [-0.2, 0) is 14.6 Å². The van der Waals surface area contributed by atoms with Crippen LogP contribution in [-0.4, -0.2) is 12.6 Å². The topological polar surface area (TPSA) is 35.5 Å². The molecule has 13 heavy (non-hydrogen) atoms. The maximum Gasteiger partial charge on any atom is 0.368 e. The predicted octanol–water partition coefficient (Wildman–Crippen LogP) is 2.62. The second kappa shape index (κ2) is 7.80. The van der Waals surface area contributed by atoms with E-state index in [-0.39, 0.29) is 0 Å². The molecule has 0 amide bonds. The summed E-state index contributed by atoms with van der Waals surface area (Å²) >= 11 is 0. The highest BCUT2D eigenvalue weighted by atomic mass is 17.2. The van der Waals surface area contributed by atoms with E-state index in [2.05, 4.69) is 18.4 Å². The van der Waals surface area contributed by atoms with Crippen molar-refractivity contribution in [2.45, 2.75) is 39.5 Å². The Balaban J connectivity index is 3.16. The van der Waals surface area contributed by atoms with Gasteiger partial charge < -0.3 is 0 Å². The van der Waals surface area contributed by atoms with Gasteiger partial charge in [-0.15, -0.1) is 0 Å². The zero-order valence-electron chi connectivity index (χ0n) is 8.47. The largest absolute Gasteiger partial charge is 0.368 e. The Morgan fingerprint density at radius 3 is 2.54 bits per heavy atom. The lowest BCUT2D eigenvalue weighted by atomic mass is 10.2. The average molecular weight is 186 g/mol. The first-order valence-corrected chi connectivity index (χ1v) is 4.67.